The second kappa shape index (κ2) is 26.9. The number of nitrogens with one attached hydrogen (secondary N) is 3. The first-order valence-electron chi connectivity index (χ1n) is 22.7. The van der Waals surface area contributed by atoms with Crippen molar-refractivity contribution in [1.82, 2.24) is 16.0 Å². The van der Waals surface area contributed by atoms with Gasteiger partial charge in [-0.25, -0.2) is 9.59 Å². The van der Waals surface area contributed by atoms with Crippen LogP contribution in [0, 0.1) is 17.8 Å². The Balaban J connectivity index is 2.27. The maximum atomic E-state index is 14.3. The average Bonchev–Trinajstić information content (AvgIpc) is 3.17. The molecule has 0 unspecified atom stereocenters. The molecule has 0 spiro atoms. The van der Waals surface area contributed by atoms with E-state index < -0.39 is 71.5 Å². The van der Waals surface area contributed by atoms with Crippen molar-refractivity contribution in [2.75, 3.05) is 13.2 Å². The van der Waals surface area contributed by atoms with Crippen LogP contribution in [0.25, 0.3) is 0 Å². The molecule has 0 saturated carbocycles. The summed E-state index contributed by atoms with van der Waals surface area (Å²) in [5, 5.41) is 18.6. The maximum absolute atomic E-state index is 14.3. The molecule has 0 aromatic heterocycles. The van der Waals surface area contributed by atoms with Crippen LogP contribution in [-0.4, -0.2) is 90.0 Å². The van der Waals surface area contributed by atoms with Gasteiger partial charge in [-0.1, -0.05) is 129 Å². The molecule has 0 aliphatic carbocycles. The van der Waals surface area contributed by atoms with Crippen LogP contribution in [0.5, 0.6) is 0 Å². The van der Waals surface area contributed by atoms with Gasteiger partial charge >= 0.3 is 12.1 Å². The third-order valence-electron chi connectivity index (χ3n) is 10.8. The fourth-order valence-electron chi connectivity index (χ4n) is 7.33. The molecule has 1 fully saturated rings. The molecule has 1 aromatic rings. The van der Waals surface area contributed by atoms with E-state index in [0.717, 1.165) is 24.8 Å². The number of hydrogen-bond acceptors (Lipinski definition) is 10. The number of benzene rings is 1. The van der Waals surface area contributed by atoms with Gasteiger partial charge in [0.1, 0.15) is 23.8 Å². The predicted octanol–water partition coefficient (Wildman–Crippen LogP) is 8.14. The minimum atomic E-state index is -1.48. The zero-order valence-corrected chi connectivity index (χ0v) is 38.8. The molecule has 1 heterocycles. The molecular formula is C47H81N3O10. The molecular weight excluding hydrogens is 767 g/mol. The van der Waals surface area contributed by atoms with Gasteiger partial charge in [0, 0.05) is 11.8 Å². The van der Waals surface area contributed by atoms with Gasteiger partial charge in [0.05, 0.1) is 32.0 Å². The number of carbonyl (C=O) groups excluding carboxylic acids is 4. The van der Waals surface area contributed by atoms with Gasteiger partial charge in [-0.05, 0) is 65.9 Å². The first-order valence-corrected chi connectivity index (χ1v) is 22.7. The topological polar surface area (TPSA) is 171 Å². The summed E-state index contributed by atoms with van der Waals surface area (Å²) in [5.74, 6) is -3.56. The second-order valence-electron chi connectivity index (χ2n) is 18.6. The van der Waals surface area contributed by atoms with Crippen molar-refractivity contribution in [3.63, 3.8) is 0 Å². The zero-order chi connectivity index (χ0) is 44.9. The number of aliphatic hydroxyl groups is 1. The fraction of sp³-hybridized carbons (Fsp3) is 0.787. The van der Waals surface area contributed by atoms with Gasteiger partial charge in [0.15, 0.2) is 11.8 Å². The van der Waals surface area contributed by atoms with Crippen molar-refractivity contribution < 1.29 is 48.0 Å². The summed E-state index contributed by atoms with van der Waals surface area (Å²) in [6, 6.07) is 5.60. The lowest BCUT2D eigenvalue weighted by atomic mass is 9.86. The Hall–Kier alpha value is -3.26. The summed E-state index contributed by atoms with van der Waals surface area (Å²) >= 11 is 0. The van der Waals surface area contributed by atoms with Gasteiger partial charge in [0.2, 0.25) is 11.8 Å². The highest BCUT2D eigenvalue weighted by Gasteiger charge is 2.42. The lowest BCUT2D eigenvalue weighted by Gasteiger charge is -2.44. The number of esters is 1. The summed E-state index contributed by atoms with van der Waals surface area (Å²) in [6.45, 7) is 20.5. The molecule has 4 N–H and O–H groups in total. The number of carbonyl (C=O) groups is 4. The summed E-state index contributed by atoms with van der Waals surface area (Å²) in [7, 11) is 0. The number of ether oxygens (including phenoxy) is 5. The fourth-order valence-corrected chi connectivity index (χ4v) is 7.33. The number of unbranched alkanes of at least 4 members (excludes halogenated alkanes) is 10. The van der Waals surface area contributed by atoms with Crippen molar-refractivity contribution in [2.45, 2.75) is 208 Å². The van der Waals surface area contributed by atoms with Gasteiger partial charge in [0.25, 0.3) is 0 Å². The molecule has 1 aliphatic rings. The quantitative estimate of drug-likeness (QED) is 0.0501. The molecule has 0 radical (unpaired) electrons. The van der Waals surface area contributed by atoms with Gasteiger partial charge < -0.3 is 44.7 Å². The number of hydrogen-bond donors (Lipinski definition) is 4. The van der Waals surface area contributed by atoms with Crippen LogP contribution in [0.3, 0.4) is 0 Å². The Bertz CT molecular complexity index is 1400. The molecule has 13 nitrogen and oxygen atoms in total. The lowest BCUT2D eigenvalue weighted by Crippen LogP contribution is -2.60. The molecule has 8 atom stereocenters. The minimum absolute atomic E-state index is 0.0474. The van der Waals surface area contributed by atoms with E-state index >= 15 is 0 Å². The first kappa shape index (κ1) is 52.9. The van der Waals surface area contributed by atoms with Crippen LogP contribution in [0.2, 0.25) is 0 Å². The highest BCUT2D eigenvalue weighted by atomic mass is 16.7. The van der Waals surface area contributed by atoms with E-state index in [-0.39, 0.29) is 31.2 Å². The van der Waals surface area contributed by atoms with Crippen LogP contribution >= 0.6 is 0 Å². The SMILES string of the molecule is CCCCCCCCCCCCC[C@@H](OC(=O)[C@H](COCc1ccccc1)NC(=O)[C@@H](NC(=O)[C@@H](NC(=O)OC(C)(C)C)C(C)C)[C@@H](C)O)[C@H](C)[C@H]1OC(C)(C)OC[C@@H]1C. The van der Waals surface area contributed by atoms with Crippen LogP contribution in [-0.2, 0) is 44.7 Å². The van der Waals surface area contributed by atoms with Gasteiger partial charge in [-0.3, -0.25) is 9.59 Å². The highest BCUT2D eigenvalue weighted by Crippen LogP contribution is 2.34. The summed E-state index contributed by atoms with van der Waals surface area (Å²) in [6.07, 6.45) is 10.7. The first-order chi connectivity index (χ1) is 28.2. The highest BCUT2D eigenvalue weighted by molar-refractivity contribution is 5.93. The van der Waals surface area contributed by atoms with E-state index in [2.05, 4.69) is 29.8 Å². The zero-order valence-electron chi connectivity index (χ0n) is 38.8. The molecule has 60 heavy (non-hydrogen) atoms. The van der Waals surface area contributed by atoms with Crippen molar-refractivity contribution in [3.05, 3.63) is 35.9 Å². The third-order valence-corrected chi connectivity index (χ3v) is 10.8. The largest absolute Gasteiger partial charge is 0.460 e. The van der Waals surface area contributed by atoms with Gasteiger partial charge in [-0.15, -0.1) is 0 Å². The van der Waals surface area contributed by atoms with E-state index in [1.165, 1.54) is 58.3 Å². The number of rotatable bonds is 27. The number of aliphatic hydroxyl groups excluding tert-OH is 1. The summed E-state index contributed by atoms with van der Waals surface area (Å²) in [5.41, 5.74) is 0.0748. The molecule has 344 valence electrons. The van der Waals surface area contributed by atoms with Crippen molar-refractivity contribution in [3.8, 4) is 0 Å². The molecule has 1 aliphatic heterocycles. The Morgan fingerprint density at radius 1 is 0.833 bits per heavy atom. The Morgan fingerprint density at radius 3 is 1.95 bits per heavy atom. The molecule has 1 aromatic carbocycles. The van der Waals surface area contributed by atoms with Crippen LogP contribution < -0.4 is 16.0 Å². The van der Waals surface area contributed by atoms with Gasteiger partial charge in [-0.2, -0.15) is 0 Å². The maximum Gasteiger partial charge on any atom is 0.408 e. The van der Waals surface area contributed by atoms with Crippen molar-refractivity contribution >= 4 is 23.9 Å². The molecule has 0 bridgehead atoms. The van der Waals surface area contributed by atoms with Crippen LogP contribution in [0.1, 0.15) is 159 Å². The molecule has 1 saturated heterocycles. The molecule has 13 heteroatoms. The second-order valence-corrected chi connectivity index (χ2v) is 18.6. The normalized spacial score (nSPS) is 19.6. The van der Waals surface area contributed by atoms with E-state index in [4.69, 9.17) is 23.7 Å². The van der Waals surface area contributed by atoms with E-state index in [1.54, 1.807) is 34.6 Å². The third kappa shape index (κ3) is 20.5. The van der Waals surface area contributed by atoms with Crippen LogP contribution in [0.4, 0.5) is 4.79 Å². The Morgan fingerprint density at radius 2 is 1.40 bits per heavy atom. The minimum Gasteiger partial charge on any atom is -0.460 e. The predicted molar refractivity (Wildman–Crippen MR) is 234 cm³/mol. The summed E-state index contributed by atoms with van der Waals surface area (Å²) in [4.78, 5) is 54.4. The molecule has 3 amide bonds. The van der Waals surface area contributed by atoms with E-state index in [1.807, 2.05) is 51.1 Å². The lowest BCUT2D eigenvalue weighted by molar-refractivity contribution is -0.304. The Kier molecular flexibility index (Phi) is 23.7. The Labute approximate surface area is 361 Å². The van der Waals surface area contributed by atoms with E-state index in [0.29, 0.717) is 13.0 Å². The van der Waals surface area contributed by atoms with Crippen molar-refractivity contribution in [2.24, 2.45) is 17.8 Å². The smallest absolute Gasteiger partial charge is 0.408 e. The number of amides is 3. The monoisotopic (exact) mass is 848 g/mol. The molecule has 2 rings (SSSR count). The van der Waals surface area contributed by atoms with Crippen molar-refractivity contribution in [1.29, 1.82) is 0 Å². The average molecular weight is 848 g/mol. The van der Waals surface area contributed by atoms with Crippen LogP contribution in [0.15, 0.2) is 30.3 Å². The van der Waals surface area contributed by atoms with E-state index in [9.17, 15) is 24.3 Å². The summed E-state index contributed by atoms with van der Waals surface area (Å²) < 4.78 is 30.0. The number of alkyl carbamates (subject to hydrolysis) is 1. The standard InChI is InChI=1S/C47H81N3O10/c1-12-13-14-15-16-17-18-19-20-21-25-28-38(34(5)41-33(4)29-57-47(10,11)59-41)58-44(54)37(31-56-30-36-26-23-22-24-27-36)48-43(53)40(35(6)51)49-42(52)39(32(2)3)50-45(55)60-46(7,8)9/h22-24,26-27,32-35,37-41,51H,12-21,25,28-31H2,1-11H3,(H,48,53)(H,49,52)(H,50,55)/t33-,34-,35+,37-,38+,39-,40-,41-/m0/s1.